The van der Waals surface area contributed by atoms with Crippen LogP contribution in [0.3, 0.4) is 0 Å². The number of fused-ring (bicyclic) bond motifs is 1. The molecule has 0 fully saturated rings. The van der Waals surface area contributed by atoms with E-state index in [1.165, 1.54) is 0 Å². The summed E-state index contributed by atoms with van der Waals surface area (Å²) in [7, 11) is 0. The molecule has 1 aliphatic rings. The highest BCUT2D eigenvalue weighted by Crippen LogP contribution is 2.56. The predicted molar refractivity (Wildman–Crippen MR) is 101 cm³/mol. The topological polar surface area (TPSA) is 55.8 Å². The van der Waals surface area contributed by atoms with Crippen molar-refractivity contribution in [2.45, 2.75) is 18.1 Å². The van der Waals surface area contributed by atoms with Crippen molar-refractivity contribution in [3.63, 3.8) is 0 Å². The van der Waals surface area contributed by atoms with Crippen LogP contribution in [0.4, 0.5) is 0 Å². The van der Waals surface area contributed by atoms with Crippen molar-refractivity contribution in [2.24, 2.45) is 0 Å². The summed E-state index contributed by atoms with van der Waals surface area (Å²) in [4.78, 5) is 13.3. The van der Waals surface area contributed by atoms with Crippen molar-refractivity contribution < 1.29 is 19.4 Å². The molecule has 0 radical (unpaired) electrons. The lowest BCUT2D eigenvalue weighted by Crippen LogP contribution is -2.56. The summed E-state index contributed by atoms with van der Waals surface area (Å²) in [6, 6.07) is 25.3. The van der Waals surface area contributed by atoms with Crippen molar-refractivity contribution in [1.82, 2.24) is 0 Å². The molecule has 27 heavy (non-hydrogen) atoms. The second-order valence-electron chi connectivity index (χ2n) is 6.44. The van der Waals surface area contributed by atoms with E-state index in [9.17, 15) is 9.90 Å². The molecule has 1 heterocycles. The molecule has 2 atom stereocenters. The number of ether oxygens (including phenoxy) is 2. The summed E-state index contributed by atoms with van der Waals surface area (Å²) >= 11 is 0. The zero-order valence-corrected chi connectivity index (χ0v) is 15.0. The number of carbonyl (C=O) groups is 1. The second-order valence-corrected chi connectivity index (χ2v) is 6.44. The van der Waals surface area contributed by atoms with Crippen LogP contribution < -0.4 is 4.74 Å². The summed E-state index contributed by atoms with van der Waals surface area (Å²) in [5, 5.41) is 12.1. The van der Waals surface area contributed by atoms with Gasteiger partial charge in [-0.1, -0.05) is 78.9 Å². The first-order valence-electron chi connectivity index (χ1n) is 8.93. The third-order valence-electron chi connectivity index (χ3n) is 4.98. The zero-order valence-electron chi connectivity index (χ0n) is 15.0. The van der Waals surface area contributed by atoms with Crippen molar-refractivity contribution in [3.8, 4) is 5.75 Å². The monoisotopic (exact) mass is 360 g/mol. The van der Waals surface area contributed by atoms with E-state index in [2.05, 4.69) is 0 Å². The maximum Gasteiger partial charge on any atom is 0.359 e. The molecule has 4 nitrogen and oxygen atoms in total. The van der Waals surface area contributed by atoms with Crippen LogP contribution in [0.1, 0.15) is 23.6 Å². The lowest BCUT2D eigenvalue weighted by Gasteiger charge is -2.39. The number of hydrogen-bond donors (Lipinski definition) is 1. The Bertz CT molecular complexity index is 954. The van der Waals surface area contributed by atoms with Crippen LogP contribution in [0.15, 0.2) is 84.9 Å². The summed E-state index contributed by atoms with van der Waals surface area (Å²) in [5.41, 5.74) is -1.85. The van der Waals surface area contributed by atoms with Crippen molar-refractivity contribution in [2.75, 3.05) is 6.61 Å². The maximum atomic E-state index is 13.3. The Kier molecular flexibility index (Phi) is 4.21. The van der Waals surface area contributed by atoms with Gasteiger partial charge in [-0.3, -0.25) is 0 Å². The van der Waals surface area contributed by atoms with E-state index in [0.717, 1.165) is 0 Å². The number of benzene rings is 3. The van der Waals surface area contributed by atoms with Crippen LogP contribution >= 0.6 is 0 Å². The molecule has 0 bridgehead atoms. The van der Waals surface area contributed by atoms with Crippen molar-refractivity contribution >= 4 is 5.97 Å². The van der Waals surface area contributed by atoms with E-state index in [4.69, 9.17) is 9.47 Å². The van der Waals surface area contributed by atoms with Crippen LogP contribution in [-0.2, 0) is 20.7 Å². The number of para-hydroxylation sites is 1. The smallest absolute Gasteiger partial charge is 0.359 e. The molecule has 0 saturated carbocycles. The predicted octanol–water partition coefficient (Wildman–Crippen LogP) is 3.77. The molecule has 0 saturated heterocycles. The molecular weight excluding hydrogens is 340 g/mol. The molecule has 0 aromatic heterocycles. The number of hydrogen-bond acceptors (Lipinski definition) is 4. The molecular formula is C23H20O4. The van der Waals surface area contributed by atoms with Gasteiger partial charge >= 0.3 is 5.97 Å². The van der Waals surface area contributed by atoms with Gasteiger partial charge in [0.15, 0.2) is 5.60 Å². The molecule has 3 aromatic rings. The third kappa shape index (κ3) is 2.37. The minimum absolute atomic E-state index is 0.179. The van der Waals surface area contributed by atoms with Crippen molar-refractivity contribution in [1.29, 1.82) is 0 Å². The first-order chi connectivity index (χ1) is 13.1. The lowest BCUT2D eigenvalue weighted by atomic mass is 9.71. The van der Waals surface area contributed by atoms with Gasteiger partial charge in [0.25, 0.3) is 5.60 Å². The number of aliphatic hydroxyl groups is 1. The van der Waals surface area contributed by atoms with Crippen LogP contribution in [0, 0.1) is 0 Å². The normalized spacial score (nSPS) is 23.3. The van der Waals surface area contributed by atoms with E-state index >= 15 is 0 Å². The molecule has 1 N–H and O–H groups in total. The van der Waals surface area contributed by atoms with Crippen LogP contribution in [0.5, 0.6) is 5.75 Å². The Hall–Kier alpha value is -3.11. The largest absolute Gasteiger partial charge is 0.466 e. The van der Waals surface area contributed by atoms with Gasteiger partial charge in [-0.25, -0.2) is 4.79 Å². The van der Waals surface area contributed by atoms with Gasteiger partial charge in [0.05, 0.1) is 6.61 Å². The molecule has 4 heteroatoms. The molecule has 0 aliphatic carbocycles. The van der Waals surface area contributed by atoms with Gasteiger partial charge < -0.3 is 14.6 Å². The number of rotatable bonds is 4. The SMILES string of the molecule is CCOC(=O)[C@]1(c2ccccc2)Oc2ccccc2[C@@]1(O)c1ccccc1. The summed E-state index contributed by atoms with van der Waals surface area (Å²) < 4.78 is 11.6. The van der Waals surface area contributed by atoms with E-state index < -0.39 is 17.2 Å². The molecule has 0 spiro atoms. The van der Waals surface area contributed by atoms with Crippen LogP contribution in [0.2, 0.25) is 0 Å². The zero-order chi connectivity index (χ0) is 18.9. The molecule has 0 unspecified atom stereocenters. The van der Waals surface area contributed by atoms with Gasteiger partial charge in [0.2, 0.25) is 0 Å². The minimum atomic E-state index is -1.74. The Morgan fingerprint density at radius 1 is 0.889 bits per heavy atom. The first kappa shape index (κ1) is 17.3. The Morgan fingerprint density at radius 3 is 2.07 bits per heavy atom. The minimum Gasteiger partial charge on any atom is -0.466 e. The average Bonchev–Trinajstić information content (AvgIpc) is 3.01. The van der Waals surface area contributed by atoms with Gasteiger partial charge in [-0.15, -0.1) is 0 Å². The molecule has 1 aliphatic heterocycles. The molecule has 0 amide bonds. The molecule has 3 aromatic carbocycles. The Labute approximate surface area is 158 Å². The third-order valence-corrected chi connectivity index (χ3v) is 4.98. The summed E-state index contributed by atoms with van der Waals surface area (Å²) in [5.74, 6) is -0.167. The van der Waals surface area contributed by atoms with Gasteiger partial charge in [0, 0.05) is 11.1 Å². The van der Waals surface area contributed by atoms with Crippen molar-refractivity contribution in [3.05, 3.63) is 102 Å². The summed E-state index contributed by atoms with van der Waals surface area (Å²) in [6.45, 7) is 1.91. The van der Waals surface area contributed by atoms with E-state index in [1.54, 1.807) is 43.3 Å². The molecule has 136 valence electrons. The fourth-order valence-electron chi connectivity index (χ4n) is 3.80. The van der Waals surface area contributed by atoms with E-state index in [-0.39, 0.29) is 6.61 Å². The van der Waals surface area contributed by atoms with Gasteiger partial charge in [0.1, 0.15) is 5.75 Å². The van der Waals surface area contributed by atoms with Crippen LogP contribution in [-0.4, -0.2) is 17.7 Å². The van der Waals surface area contributed by atoms with E-state index in [1.807, 2.05) is 48.5 Å². The second kappa shape index (κ2) is 6.56. The fraction of sp³-hybridized carbons (Fsp3) is 0.174. The quantitative estimate of drug-likeness (QED) is 0.720. The van der Waals surface area contributed by atoms with E-state index in [0.29, 0.717) is 22.4 Å². The highest BCUT2D eigenvalue weighted by atomic mass is 16.6. The fourth-order valence-corrected chi connectivity index (χ4v) is 3.80. The van der Waals surface area contributed by atoms with Crippen LogP contribution in [0.25, 0.3) is 0 Å². The Morgan fingerprint density at radius 2 is 1.44 bits per heavy atom. The first-order valence-corrected chi connectivity index (χ1v) is 8.93. The lowest BCUT2D eigenvalue weighted by molar-refractivity contribution is -0.181. The highest BCUT2D eigenvalue weighted by Gasteiger charge is 2.67. The number of carbonyl (C=O) groups excluding carboxylic acids is 1. The van der Waals surface area contributed by atoms with Gasteiger partial charge in [-0.05, 0) is 18.6 Å². The Balaban J connectivity index is 2.07. The highest BCUT2D eigenvalue weighted by molar-refractivity contribution is 5.87. The maximum absolute atomic E-state index is 13.3. The standard InChI is InChI=1S/C23H20O4/c1-2-26-21(24)23(18-13-7-4-8-14-18)22(25,17-11-5-3-6-12-17)19-15-9-10-16-20(19)27-23/h3-16,25H,2H2,1H3/t22-,23-/m0/s1. The average molecular weight is 360 g/mol. The number of esters is 1. The summed E-state index contributed by atoms with van der Waals surface area (Å²) in [6.07, 6.45) is 0. The van der Waals surface area contributed by atoms with Gasteiger partial charge in [-0.2, -0.15) is 0 Å². The molecule has 4 rings (SSSR count).